The summed E-state index contributed by atoms with van der Waals surface area (Å²) < 4.78 is 1.97. The standard InChI is InChI=1S/C13H21Cl2N3/c1-3-18-12(13(15)9(2)17-18)8-16-11-7-5-4-6-10(11)14/h10-11,16H,3-8H2,1-2H3. The van der Waals surface area contributed by atoms with E-state index in [2.05, 4.69) is 17.3 Å². The van der Waals surface area contributed by atoms with Crippen LogP contribution in [0.3, 0.4) is 0 Å². The van der Waals surface area contributed by atoms with Gasteiger partial charge in [-0.05, 0) is 26.7 Å². The van der Waals surface area contributed by atoms with Crippen LogP contribution < -0.4 is 5.32 Å². The molecule has 0 amide bonds. The number of halogens is 2. The Morgan fingerprint density at radius 2 is 2.11 bits per heavy atom. The van der Waals surface area contributed by atoms with Gasteiger partial charge in [0.1, 0.15) is 0 Å². The Balaban J connectivity index is 2.01. The molecule has 0 aromatic carbocycles. The molecule has 102 valence electrons. The van der Waals surface area contributed by atoms with E-state index in [1.54, 1.807) is 0 Å². The van der Waals surface area contributed by atoms with Crippen LogP contribution in [0.1, 0.15) is 44.0 Å². The molecular formula is C13H21Cl2N3. The Morgan fingerprint density at radius 3 is 2.78 bits per heavy atom. The first-order chi connectivity index (χ1) is 8.63. The maximum Gasteiger partial charge on any atom is 0.0860 e. The molecule has 0 radical (unpaired) electrons. The van der Waals surface area contributed by atoms with Gasteiger partial charge in [0, 0.05) is 24.5 Å². The van der Waals surface area contributed by atoms with Gasteiger partial charge in [-0.15, -0.1) is 11.6 Å². The molecule has 1 fully saturated rings. The SMILES string of the molecule is CCn1nc(C)c(Cl)c1CNC1CCCCC1Cl. The fourth-order valence-electron chi connectivity index (χ4n) is 2.58. The molecule has 5 heteroatoms. The molecule has 1 heterocycles. The van der Waals surface area contributed by atoms with E-state index in [0.29, 0.717) is 6.04 Å². The van der Waals surface area contributed by atoms with Gasteiger partial charge in [-0.3, -0.25) is 4.68 Å². The molecule has 2 atom stereocenters. The van der Waals surface area contributed by atoms with Crippen LogP contribution in [0.4, 0.5) is 0 Å². The Kier molecular flexibility index (Phi) is 4.93. The van der Waals surface area contributed by atoms with E-state index < -0.39 is 0 Å². The smallest absolute Gasteiger partial charge is 0.0860 e. The molecule has 1 aromatic rings. The van der Waals surface area contributed by atoms with Crippen LogP contribution >= 0.6 is 23.2 Å². The summed E-state index contributed by atoms with van der Waals surface area (Å²) in [5.41, 5.74) is 1.98. The van der Waals surface area contributed by atoms with Gasteiger partial charge in [0.2, 0.25) is 0 Å². The molecule has 0 spiro atoms. The van der Waals surface area contributed by atoms with Gasteiger partial charge < -0.3 is 5.32 Å². The van der Waals surface area contributed by atoms with Gasteiger partial charge in [0.05, 0.1) is 16.4 Å². The first kappa shape index (κ1) is 14.2. The Bertz CT molecular complexity index is 403. The van der Waals surface area contributed by atoms with Crippen LogP contribution in [-0.4, -0.2) is 21.2 Å². The van der Waals surface area contributed by atoms with Crippen molar-refractivity contribution in [1.29, 1.82) is 0 Å². The number of hydrogen-bond donors (Lipinski definition) is 1. The highest BCUT2D eigenvalue weighted by Crippen LogP contribution is 2.25. The van der Waals surface area contributed by atoms with Gasteiger partial charge in [0.15, 0.2) is 0 Å². The number of alkyl halides is 1. The Labute approximate surface area is 119 Å². The van der Waals surface area contributed by atoms with Crippen LogP contribution in [0, 0.1) is 6.92 Å². The number of rotatable bonds is 4. The van der Waals surface area contributed by atoms with E-state index in [0.717, 1.165) is 42.3 Å². The maximum atomic E-state index is 6.35. The van der Waals surface area contributed by atoms with Gasteiger partial charge in [-0.1, -0.05) is 24.4 Å². The molecule has 1 aliphatic rings. The quantitative estimate of drug-likeness (QED) is 0.860. The van der Waals surface area contributed by atoms with Crippen LogP contribution in [0.25, 0.3) is 0 Å². The fourth-order valence-corrected chi connectivity index (χ4v) is 3.15. The lowest BCUT2D eigenvalue weighted by Gasteiger charge is -2.28. The third-order valence-electron chi connectivity index (χ3n) is 3.67. The van der Waals surface area contributed by atoms with Crippen LogP contribution in [0.15, 0.2) is 0 Å². The van der Waals surface area contributed by atoms with E-state index in [1.807, 2.05) is 11.6 Å². The molecular weight excluding hydrogens is 269 g/mol. The molecule has 18 heavy (non-hydrogen) atoms. The summed E-state index contributed by atoms with van der Waals surface area (Å²) in [4.78, 5) is 0. The Morgan fingerprint density at radius 1 is 1.39 bits per heavy atom. The highest BCUT2D eigenvalue weighted by molar-refractivity contribution is 6.31. The van der Waals surface area contributed by atoms with Crippen molar-refractivity contribution in [3.8, 4) is 0 Å². The number of nitrogens with zero attached hydrogens (tertiary/aromatic N) is 2. The first-order valence-corrected chi connectivity index (χ1v) is 7.54. The lowest BCUT2D eigenvalue weighted by molar-refractivity contribution is 0.373. The third-order valence-corrected chi connectivity index (χ3v) is 4.68. The van der Waals surface area contributed by atoms with E-state index in [4.69, 9.17) is 23.2 Å². The second kappa shape index (κ2) is 6.27. The monoisotopic (exact) mass is 289 g/mol. The molecule has 2 unspecified atom stereocenters. The summed E-state index contributed by atoms with van der Waals surface area (Å²) in [7, 11) is 0. The maximum absolute atomic E-state index is 6.35. The average Bonchev–Trinajstić information content (AvgIpc) is 2.65. The molecule has 1 saturated carbocycles. The molecule has 1 aliphatic carbocycles. The highest BCUT2D eigenvalue weighted by Gasteiger charge is 2.23. The predicted molar refractivity (Wildman–Crippen MR) is 76.4 cm³/mol. The number of nitrogens with one attached hydrogen (secondary N) is 1. The summed E-state index contributed by atoms with van der Waals surface area (Å²) in [5, 5.41) is 8.99. The third kappa shape index (κ3) is 3.01. The van der Waals surface area contributed by atoms with E-state index in [9.17, 15) is 0 Å². The van der Waals surface area contributed by atoms with Gasteiger partial charge in [-0.2, -0.15) is 5.10 Å². The normalized spacial score (nSPS) is 24.4. The molecule has 0 saturated heterocycles. The summed E-state index contributed by atoms with van der Waals surface area (Å²) in [6.45, 7) is 5.63. The van der Waals surface area contributed by atoms with Crippen molar-refractivity contribution in [3.05, 3.63) is 16.4 Å². The van der Waals surface area contributed by atoms with Crippen molar-refractivity contribution in [2.24, 2.45) is 0 Å². The van der Waals surface area contributed by atoms with E-state index >= 15 is 0 Å². The molecule has 1 N–H and O–H groups in total. The molecule has 1 aromatic heterocycles. The Hall–Kier alpha value is -0.250. The zero-order valence-electron chi connectivity index (χ0n) is 11.0. The number of aromatic nitrogens is 2. The molecule has 0 bridgehead atoms. The summed E-state index contributed by atoms with van der Waals surface area (Å²) >= 11 is 12.6. The predicted octanol–water partition coefficient (Wildman–Crippen LogP) is 3.50. The van der Waals surface area contributed by atoms with Crippen molar-refractivity contribution >= 4 is 23.2 Å². The zero-order valence-corrected chi connectivity index (χ0v) is 12.6. The minimum Gasteiger partial charge on any atom is -0.307 e. The highest BCUT2D eigenvalue weighted by atomic mass is 35.5. The number of aryl methyl sites for hydroxylation is 2. The van der Waals surface area contributed by atoms with E-state index in [1.165, 1.54) is 12.8 Å². The lowest BCUT2D eigenvalue weighted by atomic mass is 9.95. The second-order valence-electron chi connectivity index (χ2n) is 4.95. The molecule has 2 rings (SSSR count). The summed E-state index contributed by atoms with van der Waals surface area (Å²) in [6.07, 6.45) is 4.78. The molecule has 0 aliphatic heterocycles. The largest absolute Gasteiger partial charge is 0.307 e. The van der Waals surface area contributed by atoms with Crippen molar-refractivity contribution in [1.82, 2.24) is 15.1 Å². The van der Waals surface area contributed by atoms with Crippen molar-refractivity contribution < 1.29 is 0 Å². The van der Waals surface area contributed by atoms with Crippen molar-refractivity contribution in [2.45, 2.75) is 64.0 Å². The van der Waals surface area contributed by atoms with Crippen molar-refractivity contribution in [2.75, 3.05) is 0 Å². The zero-order chi connectivity index (χ0) is 13.1. The van der Waals surface area contributed by atoms with Gasteiger partial charge >= 0.3 is 0 Å². The van der Waals surface area contributed by atoms with Crippen LogP contribution in [0.2, 0.25) is 5.02 Å². The van der Waals surface area contributed by atoms with Gasteiger partial charge in [0.25, 0.3) is 0 Å². The minimum atomic E-state index is 0.247. The topological polar surface area (TPSA) is 29.9 Å². The van der Waals surface area contributed by atoms with Crippen molar-refractivity contribution in [3.63, 3.8) is 0 Å². The minimum absolute atomic E-state index is 0.247. The fraction of sp³-hybridized carbons (Fsp3) is 0.769. The summed E-state index contributed by atoms with van der Waals surface area (Å²) in [5.74, 6) is 0. The second-order valence-corrected chi connectivity index (χ2v) is 5.89. The van der Waals surface area contributed by atoms with Crippen LogP contribution in [-0.2, 0) is 13.1 Å². The molecule has 3 nitrogen and oxygen atoms in total. The van der Waals surface area contributed by atoms with Crippen LogP contribution in [0.5, 0.6) is 0 Å². The summed E-state index contributed by atoms with van der Waals surface area (Å²) in [6, 6.07) is 0.400. The lowest BCUT2D eigenvalue weighted by Crippen LogP contribution is -2.39. The number of hydrogen-bond acceptors (Lipinski definition) is 2. The average molecular weight is 290 g/mol. The van der Waals surface area contributed by atoms with E-state index in [-0.39, 0.29) is 5.38 Å². The van der Waals surface area contributed by atoms with Gasteiger partial charge in [-0.25, -0.2) is 0 Å². The first-order valence-electron chi connectivity index (χ1n) is 6.72.